The maximum absolute atomic E-state index is 5.21. The van der Waals surface area contributed by atoms with Crippen molar-refractivity contribution in [2.45, 2.75) is 47.5 Å². The van der Waals surface area contributed by atoms with E-state index < -0.39 is 0 Å². The zero-order valence-electron chi connectivity index (χ0n) is 31.8. The highest BCUT2D eigenvalue weighted by atomic mass is 15.3. The second-order valence-electron chi connectivity index (χ2n) is 14.5. The summed E-state index contributed by atoms with van der Waals surface area (Å²) in [4.78, 5) is 17.6. The van der Waals surface area contributed by atoms with E-state index in [9.17, 15) is 0 Å². The molecule has 0 atom stereocenters. The third kappa shape index (κ3) is 6.68. The van der Waals surface area contributed by atoms with E-state index in [0.29, 0.717) is 17.6 Å². The smallest absolute Gasteiger partial charge is 0.238 e. The molecule has 8 rings (SSSR count). The minimum Gasteiger partial charge on any atom is -0.278 e. The van der Waals surface area contributed by atoms with E-state index in [2.05, 4.69) is 162 Å². The third-order valence-corrected chi connectivity index (χ3v) is 10.4. The first-order chi connectivity index (χ1) is 26.2. The molecule has 0 aliphatic heterocycles. The maximum Gasteiger partial charge on any atom is 0.238 e. The molecule has 4 heteroatoms. The van der Waals surface area contributed by atoms with Crippen molar-refractivity contribution in [1.29, 1.82) is 0 Å². The quantitative estimate of drug-likeness (QED) is 0.148. The van der Waals surface area contributed by atoms with Crippen molar-refractivity contribution in [2.75, 3.05) is 4.90 Å². The van der Waals surface area contributed by atoms with Crippen molar-refractivity contribution in [1.82, 2.24) is 15.0 Å². The molecule has 0 bridgehead atoms. The Bertz CT molecular complexity index is 2440. The van der Waals surface area contributed by atoms with Crippen molar-refractivity contribution in [3.8, 4) is 22.8 Å². The molecule has 0 radical (unpaired) electrons. The van der Waals surface area contributed by atoms with E-state index in [1.807, 2.05) is 36.4 Å². The molecule has 54 heavy (non-hydrogen) atoms. The predicted molar refractivity (Wildman–Crippen MR) is 225 cm³/mol. The number of nitrogens with zero attached hydrogens (tertiary/aromatic N) is 4. The lowest BCUT2D eigenvalue weighted by molar-refractivity contribution is 0.919. The van der Waals surface area contributed by atoms with Crippen LogP contribution in [0.1, 0.15) is 56.0 Å². The first-order valence-electron chi connectivity index (χ1n) is 18.7. The third-order valence-electron chi connectivity index (χ3n) is 10.4. The molecular formula is C50H44N4. The number of aromatic nitrogens is 3. The summed E-state index contributed by atoms with van der Waals surface area (Å²) in [5.74, 6) is 1.87. The highest BCUT2D eigenvalue weighted by Crippen LogP contribution is 2.43. The fourth-order valence-corrected chi connectivity index (χ4v) is 8.25. The van der Waals surface area contributed by atoms with E-state index in [0.717, 1.165) is 33.3 Å². The van der Waals surface area contributed by atoms with Crippen LogP contribution in [0.25, 0.3) is 33.5 Å². The Labute approximate surface area is 318 Å². The van der Waals surface area contributed by atoms with Gasteiger partial charge in [-0.3, -0.25) is 4.90 Å². The maximum atomic E-state index is 5.21. The number of fused-ring (bicyclic) bond motifs is 1. The second-order valence-corrected chi connectivity index (χ2v) is 14.5. The molecular weight excluding hydrogens is 657 g/mol. The average molecular weight is 701 g/mol. The van der Waals surface area contributed by atoms with E-state index in [-0.39, 0.29) is 5.92 Å². The zero-order chi connectivity index (χ0) is 37.3. The van der Waals surface area contributed by atoms with Gasteiger partial charge in [-0.05, 0) is 104 Å². The van der Waals surface area contributed by atoms with Crippen LogP contribution in [0, 0.1) is 41.5 Å². The highest BCUT2D eigenvalue weighted by molar-refractivity contribution is 5.98. The Morgan fingerprint density at radius 1 is 0.444 bits per heavy atom. The van der Waals surface area contributed by atoms with Gasteiger partial charge < -0.3 is 0 Å². The SMILES string of the molecule is Cc1cc(C)c(C(c2ccc(N(c3nc(-c4ccccc4)nc(-c4ccccc4)n3)c3cccc4ccccc34)cc2)c2c(C)cc(C)cc2C)c(C)c1. The summed E-state index contributed by atoms with van der Waals surface area (Å²) in [5.41, 5.74) is 15.6. The van der Waals surface area contributed by atoms with Crippen LogP contribution in [0.3, 0.4) is 0 Å². The van der Waals surface area contributed by atoms with Crippen molar-refractivity contribution >= 4 is 28.1 Å². The predicted octanol–water partition coefficient (Wildman–Crippen LogP) is 12.9. The van der Waals surface area contributed by atoms with Crippen molar-refractivity contribution in [3.05, 3.63) is 202 Å². The fraction of sp³-hybridized carbons (Fsp3) is 0.140. The van der Waals surface area contributed by atoms with Gasteiger partial charge in [-0.25, -0.2) is 4.98 Å². The molecule has 1 heterocycles. The highest BCUT2D eigenvalue weighted by Gasteiger charge is 2.26. The van der Waals surface area contributed by atoms with Gasteiger partial charge in [-0.1, -0.05) is 145 Å². The monoisotopic (exact) mass is 700 g/mol. The average Bonchev–Trinajstić information content (AvgIpc) is 3.18. The van der Waals surface area contributed by atoms with Crippen LogP contribution in [0.5, 0.6) is 0 Å². The molecule has 7 aromatic carbocycles. The molecule has 0 aliphatic rings. The topological polar surface area (TPSA) is 41.9 Å². The molecule has 0 saturated carbocycles. The lowest BCUT2D eigenvalue weighted by atomic mass is 9.77. The molecule has 0 fully saturated rings. The number of aryl methyl sites for hydroxylation is 6. The Morgan fingerprint density at radius 3 is 1.43 bits per heavy atom. The van der Waals surface area contributed by atoms with Gasteiger partial charge >= 0.3 is 0 Å². The summed E-state index contributed by atoms with van der Waals surface area (Å²) < 4.78 is 0. The number of anilines is 3. The molecule has 0 N–H and O–H groups in total. The Balaban J connectivity index is 1.35. The van der Waals surface area contributed by atoms with E-state index in [4.69, 9.17) is 15.0 Å². The summed E-state index contributed by atoms with van der Waals surface area (Å²) in [6, 6.07) is 53.6. The lowest BCUT2D eigenvalue weighted by Gasteiger charge is -2.28. The van der Waals surface area contributed by atoms with Gasteiger partial charge in [0.15, 0.2) is 11.6 Å². The molecule has 0 saturated heterocycles. The van der Waals surface area contributed by atoms with Crippen molar-refractivity contribution < 1.29 is 0 Å². The van der Waals surface area contributed by atoms with Crippen LogP contribution in [-0.2, 0) is 0 Å². The van der Waals surface area contributed by atoms with Gasteiger partial charge in [-0.2, -0.15) is 9.97 Å². The Kier molecular flexibility index (Phi) is 9.35. The normalized spacial score (nSPS) is 11.3. The van der Waals surface area contributed by atoms with Crippen LogP contribution < -0.4 is 4.90 Å². The van der Waals surface area contributed by atoms with Gasteiger partial charge in [0.05, 0.1) is 5.69 Å². The van der Waals surface area contributed by atoms with Gasteiger partial charge in [0.25, 0.3) is 0 Å². The number of benzene rings is 7. The van der Waals surface area contributed by atoms with Gasteiger partial charge in [0.1, 0.15) is 0 Å². The van der Waals surface area contributed by atoms with Crippen LogP contribution in [0.2, 0.25) is 0 Å². The van der Waals surface area contributed by atoms with Crippen LogP contribution in [0.15, 0.2) is 152 Å². The summed E-state index contributed by atoms with van der Waals surface area (Å²) in [6.45, 7) is 13.4. The van der Waals surface area contributed by atoms with Crippen molar-refractivity contribution in [3.63, 3.8) is 0 Å². The molecule has 0 spiro atoms. The summed E-state index contributed by atoms with van der Waals surface area (Å²) >= 11 is 0. The van der Waals surface area contributed by atoms with E-state index in [1.165, 1.54) is 50.1 Å². The molecule has 0 unspecified atom stereocenters. The Hall–Kier alpha value is -6.39. The fourth-order valence-electron chi connectivity index (χ4n) is 8.25. The van der Waals surface area contributed by atoms with Crippen molar-refractivity contribution in [2.24, 2.45) is 0 Å². The Morgan fingerprint density at radius 2 is 0.907 bits per heavy atom. The first-order valence-corrected chi connectivity index (χ1v) is 18.7. The minimum absolute atomic E-state index is 0.0674. The molecule has 264 valence electrons. The lowest BCUT2D eigenvalue weighted by Crippen LogP contribution is -2.16. The molecule has 0 amide bonds. The molecule has 8 aromatic rings. The minimum atomic E-state index is 0.0674. The van der Waals surface area contributed by atoms with Gasteiger partial charge in [-0.15, -0.1) is 0 Å². The van der Waals surface area contributed by atoms with E-state index >= 15 is 0 Å². The van der Waals surface area contributed by atoms with Crippen LogP contribution in [0.4, 0.5) is 17.3 Å². The number of rotatable bonds is 8. The molecule has 0 aliphatic carbocycles. The van der Waals surface area contributed by atoms with E-state index in [1.54, 1.807) is 0 Å². The molecule has 4 nitrogen and oxygen atoms in total. The summed E-state index contributed by atoms with van der Waals surface area (Å²) in [5, 5.41) is 2.26. The molecule has 1 aromatic heterocycles. The second kappa shape index (κ2) is 14.6. The summed E-state index contributed by atoms with van der Waals surface area (Å²) in [7, 11) is 0. The standard InChI is InChI=1S/C50H44N4/c1-32-28-34(3)45(35(4)29-32)47(46-36(5)30-33(2)31-37(46)6)39-24-26-42(27-25-39)54(44-23-15-21-38-16-13-14-22-43(38)44)50-52-48(40-17-9-7-10-18-40)51-49(53-50)41-19-11-8-12-20-41/h7-31,47H,1-6H3. The number of hydrogen-bond donors (Lipinski definition) is 0. The summed E-state index contributed by atoms with van der Waals surface area (Å²) in [6.07, 6.45) is 0. The van der Waals surface area contributed by atoms with Gasteiger partial charge in [0, 0.05) is 28.1 Å². The largest absolute Gasteiger partial charge is 0.278 e. The zero-order valence-corrected chi connectivity index (χ0v) is 31.8. The van der Waals surface area contributed by atoms with Crippen LogP contribution in [-0.4, -0.2) is 15.0 Å². The van der Waals surface area contributed by atoms with Crippen LogP contribution >= 0.6 is 0 Å². The van der Waals surface area contributed by atoms with Gasteiger partial charge in [0.2, 0.25) is 5.95 Å². The number of hydrogen-bond acceptors (Lipinski definition) is 4. The first kappa shape index (κ1) is 34.7.